The van der Waals surface area contributed by atoms with Gasteiger partial charge < -0.3 is 4.74 Å². The standard InChI is InChI=1S/C19H28N2O3S/c1-24-13-12-20-14-16-4-2-3-5-18(16)19(15-20)8-10-21(11-9-19)25(22,23)17-6-7-17/h2-5,17H,6-15H2,1H3. The van der Waals surface area contributed by atoms with Crippen LogP contribution in [0.25, 0.3) is 0 Å². The van der Waals surface area contributed by atoms with Gasteiger partial charge in [0.15, 0.2) is 0 Å². The van der Waals surface area contributed by atoms with E-state index < -0.39 is 10.0 Å². The maximum Gasteiger partial charge on any atom is 0.216 e. The van der Waals surface area contributed by atoms with Crippen molar-refractivity contribution < 1.29 is 13.2 Å². The van der Waals surface area contributed by atoms with Gasteiger partial charge in [0.05, 0.1) is 11.9 Å². The summed E-state index contributed by atoms with van der Waals surface area (Å²) in [6.45, 7) is 4.95. The van der Waals surface area contributed by atoms with Gasteiger partial charge in [-0.1, -0.05) is 24.3 Å². The second-order valence-corrected chi connectivity index (χ2v) is 10.00. The number of ether oxygens (including phenoxy) is 1. The number of piperidine rings is 1. The number of rotatable bonds is 5. The van der Waals surface area contributed by atoms with E-state index in [0.717, 1.165) is 51.9 Å². The van der Waals surface area contributed by atoms with Crippen molar-refractivity contribution in [1.29, 1.82) is 0 Å². The topological polar surface area (TPSA) is 49.9 Å². The molecule has 1 saturated carbocycles. The lowest BCUT2D eigenvalue weighted by atomic mass is 9.69. The van der Waals surface area contributed by atoms with Gasteiger partial charge in [0.1, 0.15) is 0 Å². The number of hydrogen-bond donors (Lipinski definition) is 0. The van der Waals surface area contributed by atoms with Crippen molar-refractivity contribution in [3.05, 3.63) is 35.4 Å². The average Bonchev–Trinajstić information content (AvgIpc) is 3.46. The summed E-state index contributed by atoms with van der Waals surface area (Å²) < 4.78 is 32.2. The number of sulfonamides is 1. The molecule has 0 radical (unpaired) electrons. The van der Waals surface area contributed by atoms with E-state index in [9.17, 15) is 8.42 Å². The van der Waals surface area contributed by atoms with Gasteiger partial charge >= 0.3 is 0 Å². The van der Waals surface area contributed by atoms with Crippen LogP contribution in [0.4, 0.5) is 0 Å². The lowest BCUT2D eigenvalue weighted by molar-refractivity contribution is 0.0931. The first kappa shape index (κ1) is 17.5. The fraction of sp³-hybridized carbons (Fsp3) is 0.684. The summed E-state index contributed by atoms with van der Waals surface area (Å²) in [6, 6.07) is 8.72. The molecule has 4 rings (SSSR count). The Morgan fingerprint density at radius 3 is 2.60 bits per heavy atom. The highest BCUT2D eigenvalue weighted by atomic mass is 32.2. The first-order valence-electron chi connectivity index (χ1n) is 9.34. The summed E-state index contributed by atoms with van der Waals surface area (Å²) in [5.41, 5.74) is 2.91. The van der Waals surface area contributed by atoms with Crippen molar-refractivity contribution in [2.45, 2.75) is 42.9 Å². The predicted octanol–water partition coefficient (Wildman–Crippen LogP) is 1.97. The SMILES string of the molecule is COCCN1Cc2ccccc2C2(CCN(S(=O)(=O)C3CC3)CC2)C1. The van der Waals surface area contributed by atoms with Gasteiger partial charge in [-0.25, -0.2) is 12.7 Å². The van der Waals surface area contributed by atoms with Crippen LogP contribution in [0.15, 0.2) is 24.3 Å². The second-order valence-electron chi connectivity index (χ2n) is 7.78. The van der Waals surface area contributed by atoms with Crippen LogP contribution in [-0.2, 0) is 26.7 Å². The Labute approximate surface area is 151 Å². The van der Waals surface area contributed by atoms with Crippen molar-refractivity contribution in [2.24, 2.45) is 0 Å². The van der Waals surface area contributed by atoms with E-state index in [1.54, 1.807) is 11.4 Å². The van der Waals surface area contributed by atoms with E-state index >= 15 is 0 Å². The van der Waals surface area contributed by atoms with Crippen LogP contribution in [0.5, 0.6) is 0 Å². The highest BCUT2D eigenvalue weighted by molar-refractivity contribution is 7.90. The Morgan fingerprint density at radius 1 is 1.20 bits per heavy atom. The van der Waals surface area contributed by atoms with Gasteiger partial charge in [-0.05, 0) is 36.8 Å². The molecule has 0 amide bonds. The van der Waals surface area contributed by atoms with Gasteiger partial charge in [0, 0.05) is 45.2 Å². The zero-order valence-electron chi connectivity index (χ0n) is 15.0. The fourth-order valence-corrected chi connectivity index (χ4v) is 6.38. The van der Waals surface area contributed by atoms with E-state index in [0.29, 0.717) is 13.1 Å². The van der Waals surface area contributed by atoms with Crippen LogP contribution in [-0.4, -0.2) is 62.8 Å². The molecule has 5 nitrogen and oxygen atoms in total. The van der Waals surface area contributed by atoms with Crippen molar-refractivity contribution >= 4 is 10.0 Å². The van der Waals surface area contributed by atoms with E-state index in [4.69, 9.17) is 4.74 Å². The van der Waals surface area contributed by atoms with Crippen LogP contribution in [0.1, 0.15) is 36.8 Å². The molecule has 1 aromatic rings. The van der Waals surface area contributed by atoms with Gasteiger partial charge in [-0.2, -0.15) is 0 Å². The first-order valence-corrected chi connectivity index (χ1v) is 10.8. The minimum Gasteiger partial charge on any atom is -0.383 e. The van der Waals surface area contributed by atoms with Gasteiger partial charge in [-0.3, -0.25) is 4.90 Å². The summed E-state index contributed by atoms with van der Waals surface area (Å²) in [7, 11) is -1.30. The minimum atomic E-state index is -3.05. The smallest absolute Gasteiger partial charge is 0.216 e. The molecule has 0 atom stereocenters. The van der Waals surface area contributed by atoms with Crippen molar-refractivity contribution in [2.75, 3.05) is 39.9 Å². The molecule has 6 heteroatoms. The number of benzene rings is 1. The maximum atomic E-state index is 12.6. The van der Waals surface area contributed by atoms with Crippen molar-refractivity contribution in [3.8, 4) is 0 Å². The van der Waals surface area contributed by atoms with Gasteiger partial charge in [-0.15, -0.1) is 0 Å². The van der Waals surface area contributed by atoms with Crippen LogP contribution in [0, 0.1) is 0 Å². The highest BCUT2D eigenvalue weighted by Crippen LogP contribution is 2.43. The highest BCUT2D eigenvalue weighted by Gasteiger charge is 2.46. The van der Waals surface area contributed by atoms with E-state index in [2.05, 4.69) is 29.2 Å². The molecule has 0 N–H and O–H groups in total. The molecule has 1 aliphatic carbocycles. The number of nitrogens with zero attached hydrogens (tertiary/aromatic N) is 2. The van der Waals surface area contributed by atoms with E-state index in [1.807, 2.05) is 0 Å². The Hall–Kier alpha value is -0.950. The van der Waals surface area contributed by atoms with Crippen LogP contribution in [0.3, 0.4) is 0 Å². The quantitative estimate of drug-likeness (QED) is 0.802. The molecular formula is C19H28N2O3S. The molecule has 1 saturated heterocycles. The molecule has 25 heavy (non-hydrogen) atoms. The molecule has 0 unspecified atom stereocenters. The minimum absolute atomic E-state index is 0.0815. The third kappa shape index (κ3) is 3.25. The van der Waals surface area contributed by atoms with E-state index in [-0.39, 0.29) is 10.7 Å². The van der Waals surface area contributed by atoms with Crippen molar-refractivity contribution in [3.63, 3.8) is 0 Å². The molecule has 2 fully saturated rings. The molecule has 3 aliphatic rings. The summed E-state index contributed by atoms with van der Waals surface area (Å²) in [5.74, 6) is 0. The lowest BCUT2D eigenvalue weighted by Gasteiger charge is -2.48. The molecule has 0 aromatic heterocycles. The summed E-state index contributed by atoms with van der Waals surface area (Å²) in [5, 5.41) is -0.0987. The predicted molar refractivity (Wildman–Crippen MR) is 98.0 cm³/mol. The molecule has 1 aromatic carbocycles. The molecule has 1 spiro atoms. The third-order valence-electron chi connectivity index (χ3n) is 6.11. The van der Waals surface area contributed by atoms with Crippen LogP contribution in [0.2, 0.25) is 0 Å². The Morgan fingerprint density at radius 2 is 1.92 bits per heavy atom. The fourth-order valence-electron chi connectivity index (χ4n) is 4.54. The van der Waals surface area contributed by atoms with Crippen molar-refractivity contribution in [1.82, 2.24) is 9.21 Å². The van der Waals surface area contributed by atoms with Crippen LogP contribution < -0.4 is 0 Å². The van der Waals surface area contributed by atoms with Gasteiger partial charge in [0.2, 0.25) is 10.0 Å². The first-order chi connectivity index (χ1) is 12.0. The van der Waals surface area contributed by atoms with E-state index in [1.165, 1.54) is 11.1 Å². The number of methoxy groups -OCH3 is 1. The second kappa shape index (κ2) is 6.65. The molecule has 0 bridgehead atoms. The maximum absolute atomic E-state index is 12.6. The molecule has 138 valence electrons. The zero-order valence-corrected chi connectivity index (χ0v) is 15.8. The largest absolute Gasteiger partial charge is 0.383 e. The monoisotopic (exact) mass is 364 g/mol. The van der Waals surface area contributed by atoms with Crippen LogP contribution >= 0.6 is 0 Å². The van der Waals surface area contributed by atoms with Gasteiger partial charge in [0.25, 0.3) is 0 Å². The Balaban J connectivity index is 1.56. The number of fused-ring (bicyclic) bond motifs is 2. The third-order valence-corrected chi connectivity index (χ3v) is 8.50. The molecule has 2 heterocycles. The summed E-state index contributed by atoms with van der Waals surface area (Å²) in [4.78, 5) is 2.47. The normalized spacial score (nSPS) is 24.4. The molecular weight excluding hydrogens is 336 g/mol. The Kier molecular flexibility index (Phi) is 4.65. The molecule has 2 aliphatic heterocycles. The summed E-state index contributed by atoms with van der Waals surface area (Å²) in [6.07, 6.45) is 3.52. The lowest BCUT2D eigenvalue weighted by Crippen LogP contribution is -2.53. The zero-order chi connectivity index (χ0) is 17.5. The number of hydrogen-bond acceptors (Lipinski definition) is 4. The average molecular weight is 365 g/mol. The summed E-state index contributed by atoms with van der Waals surface area (Å²) >= 11 is 0. The Bertz CT molecular complexity index is 722.